The van der Waals surface area contributed by atoms with Gasteiger partial charge in [0.25, 0.3) is 0 Å². The van der Waals surface area contributed by atoms with E-state index in [4.69, 9.17) is 5.73 Å². The van der Waals surface area contributed by atoms with Crippen molar-refractivity contribution in [1.29, 1.82) is 0 Å². The number of aryl methyl sites for hydroxylation is 1. The highest BCUT2D eigenvalue weighted by molar-refractivity contribution is 6.29. The Hall–Kier alpha value is -1.90. The Labute approximate surface area is 107 Å². The Morgan fingerprint density at radius 2 is 2.00 bits per heavy atom. The van der Waals surface area contributed by atoms with Crippen molar-refractivity contribution in [2.75, 3.05) is 7.05 Å². The molecule has 0 amide bonds. The maximum atomic E-state index is 12.1. The van der Waals surface area contributed by atoms with Crippen LogP contribution in [0.2, 0.25) is 0 Å². The number of hydrogen-bond donors (Lipinski definition) is 1. The van der Waals surface area contributed by atoms with Gasteiger partial charge in [0.2, 0.25) is 0 Å². The summed E-state index contributed by atoms with van der Waals surface area (Å²) in [6.45, 7) is 2.02. The summed E-state index contributed by atoms with van der Waals surface area (Å²) in [4.78, 5) is 16.4. The first-order valence-corrected chi connectivity index (χ1v) is 6.20. The van der Waals surface area contributed by atoms with E-state index in [-0.39, 0.29) is 5.78 Å². The van der Waals surface area contributed by atoms with Crippen LogP contribution in [0.15, 0.2) is 40.5 Å². The monoisotopic (exact) mass is 242 g/mol. The van der Waals surface area contributed by atoms with Gasteiger partial charge in [-0.15, -0.1) is 0 Å². The molecular weight excluding hydrogens is 224 g/mol. The number of Topliss-reactive ketones (excluding diaryl/α,β-unsaturated/α-hetero) is 1. The summed E-state index contributed by atoms with van der Waals surface area (Å²) in [7, 11) is 1.71. The number of benzene rings is 1. The third-order valence-electron chi connectivity index (χ3n) is 3.31. The molecule has 0 aliphatic heterocycles. The van der Waals surface area contributed by atoms with Gasteiger partial charge >= 0.3 is 0 Å². The second kappa shape index (κ2) is 5.17. The fourth-order valence-electron chi connectivity index (χ4n) is 2.36. The van der Waals surface area contributed by atoms with Crippen molar-refractivity contribution in [2.24, 2.45) is 10.7 Å². The smallest absolute Gasteiger partial charge is 0.166 e. The molecule has 3 heteroatoms. The molecule has 0 radical (unpaired) electrons. The number of allylic oxidation sites excluding steroid dienone is 2. The zero-order chi connectivity index (χ0) is 13.1. The lowest BCUT2D eigenvalue weighted by Crippen LogP contribution is -2.24. The Kier molecular flexibility index (Phi) is 3.60. The molecule has 3 nitrogen and oxygen atoms in total. The molecule has 1 aromatic rings. The molecule has 0 atom stereocenters. The largest absolute Gasteiger partial charge is 0.401 e. The molecule has 0 unspecified atom stereocenters. The summed E-state index contributed by atoms with van der Waals surface area (Å²) >= 11 is 0. The fourth-order valence-corrected chi connectivity index (χ4v) is 2.36. The lowest BCUT2D eigenvalue weighted by molar-refractivity contribution is -0.115. The minimum Gasteiger partial charge on any atom is -0.401 e. The van der Waals surface area contributed by atoms with Gasteiger partial charge in [0, 0.05) is 24.7 Å². The second-order valence-electron chi connectivity index (χ2n) is 4.56. The number of ketones is 1. The molecule has 0 aromatic heterocycles. The number of hydrogen-bond acceptors (Lipinski definition) is 3. The predicted molar refractivity (Wildman–Crippen MR) is 73.7 cm³/mol. The van der Waals surface area contributed by atoms with Crippen LogP contribution >= 0.6 is 0 Å². The molecule has 94 valence electrons. The summed E-state index contributed by atoms with van der Waals surface area (Å²) in [6, 6.07) is 7.94. The van der Waals surface area contributed by atoms with E-state index in [9.17, 15) is 4.79 Å². The van der Waals surface area contributed by atoms with Gasteiger partial charge in [0.15, 0.2) is 5.78 Å². The molecule has 1 aliphatic rings. The lowest BCUT2D eigenvalue weighted by Gasteiger charge is -2.19. The quantitative estimate of drug-likeness (QED) is 0.809. The average molecular weight is 242 g/mol. The Bertz CT molecular complexity index is 541. The number of carbonyl (C=O) groups excluding carboxylic acids is 1. The zero-order valence-electron chi connectivity index (χ0n) is 10.9. The molecule has 2 rings (SSSR count). The van der Waals surface area contributed by atoms with E-state index in [0.29, 0.717) is 17.7 Å². The van der Waals surface area contributed by atoms with Crippen LogP contribution in [0.5, 0.6) is 0 Å². The third-order valence-corrected chi connectivity index (χ3v) is 3.31. The van der Waals surface area contributed by atoms with Crippen molar-refractivity contribution in [3.63, 3.8) is 0 Å². The Balaban J connectivity index is 2.54. The van der Waals surface area contributed by atoms with Gasteiger partial charge in [-0.1, -0.05) is 24.3 Å². The standard InChI is InChI=1S/C15H18N2O/c1-10-6-3-4-7-11(10)15(17-2)14-12(16)8-5-9-13(14)18/h3-4,6-7H,5,8-9,16H2,1-2H3. The maximum Gasteiger partial charge on any atom is 0.166 e. The maximum absolute atomic E-state index is 12.1. The van der Waals surface area contributed by atoms with Crippen LogP contribution < -0.4 is 5.73 Å². The first kappa shape index (κ1) is 12.6. The molecule has 0 heterocycles. The first-order chi connectivity index (χ1) is 8.65. The van der Waals surface area contributed by atoms with Crippen LogP contribution in [0.25, 0.3) is 0 Å². The summed E-state index contributed by atoms with van der Waals surface area (Å²) in [5.74, 6) is 0.114. The highest BCUT2D eigenvalue weighted by Gasteiger charge is 2.24. The highest BCUT2D eigenvalue weighted by Crippen LogP contribution is 2.24. The minimum atomic E-state index is 0.114. The average Bonchev–Trinajstić information content (AvgIpc) is 2.35. The van der Waals surface area contributed by atoms with Gasteiger partial charge in [-0.05, 0) is 25.3 Å². The van der Waals surface area contributed by atoms with Crippen molar-refractivity contribution >= 4 is 11.5 Å². The van der Waals surface area contributed by atoms with Crippen molar-refractivity contribution in [3.05, 3.63) is 46.7 Å². The van der Waals surface area contributed by atoms with Crippen molar-refractivity contribution in [3.8, 4) is 0 Å². The number of nitrogens with two attached hydrogens (primary N) is 1. The third kappa shape index (κ3) is 2.21. The summed E-state index contributed by atoms with van der Waals surface area (Å²) in [5.41, 5.74) is 10.1. The van der Waals surface area contributed by atoms with Crippen molar-refractivity contribution in [1.82, 2.24) is 0 Å². The van der Waals surface area contributed by atoms with E-state index in [1.54, 1.807) is 7.05 Å². The number of nitrogens with zero attached hydrogens (tertiary/aromatic N) is 1. The molecule has 0 fully saturated rings. The van der Waals surface area contributed by atoms with Crippen LogP contribution in [0.3, 0.4) is 0 Å². The van der Waals surface area contributed by atoms with E-state index in [2.05, 4.69) is 4.99 Å². The van der Waals surface area contributed by atoms with Gasteiger partial charge in [-0.2, -0.15) is 0 Å². The Morgan fingerprint density at radius 3 is 2.61 bits per heavy atom. The molecule has 1 aliphatic carbocycles. The van der Waals surface area contributed by atoms with E-state index in [1.165, 1.54) is 0 Å². The van der Waals surface area contributed by atoms with Gasteiger partial charge in [0.1, 0.15) is 0 Å². The predicted octanol–water partition coefficient (Wildman–Crippen LogP) is 2.38. The van der Waals surface area contributed by atoms with E-state index in [0.717, 1.165) is 29.7 Å². The van der Waals surface area contributed by atoms with Gasteiger partial charge in [-0.25, -0.2) is 0 Å². The van der Waals surface area contributed by atoms with E-state index >= 15 is 0 Å². The molecule has 18 heavy (non-hydrogen) atoms. The van der Waals surface area contributed by atoms with Gasteiger partial charge in [0.05, 0.1) is 11.3 Å². The molecule has 0 saturated heterocycles. The van der Waals surface area contributed by atoms with Crippen LogP contribution in [0.4, 0.5) is 0 Å². The second-order valence-corrected chi connectivity index (χ2v) is 4.56. The highest BCUT2D eigenvalue weighted by atomic mass is 16.1. The van der Waals surface area contributed by atoms with Gasteiger partial charge in [-0.3, -0.25) is 9.79 Å². The zero-order valence-corrected chi connectivity index (χ0v) is 10.9. The first-order valence-electron chi connectivity index (χ1n) is 6.20. The van der Waals surface area contributed by atoms with Crippen LogP contribution in [-0.2, 0) is 4.79 Å². The van der Waals surface area contributed by atoms with E-state index < -0.39 is 0 Å². The summed E-state index contributed by atoms with van der Waals surface area (Å²) in [6.07, 6.45) is 2.20. The summed E-state index contributed by atoms with van der Waals surface area (Å²) in [5, 5.41) is 0. The molecule has 1 aromatic carbocycles. The van der Waals surface area contributed by atoms with E-state index in [1.807, 2.05) is 31.2 Å². The number of carbonyl (C=O) groups is 1. The molecule has 0 spiro atoms. The molecule has 0 bridgehead atoms. The molecule has 0 saturated carbocycles. The SMILES string of the molecule is CN=C(C1=C(N)CCCC1=O)c1ccccc1C. The fraction of sp³-hybridized carbons (Fsp3) is 0.333. The van der Waals surface area contributed by atoms with Crippen LogP contribution in [0, 0.1) is 6.92 Å². The topological polar surface area (TPSA) is 55.4 Å². The van der Waals surface area contributed by atoms with Crippen LogP contribution in [0.1, 0.15) is 30.4 Å². The summed E-state index contributed by atoms with van der Waals surface area (Å²) < 4.78 is 0. The lowest BCUT2D eigenvalue weighted by atomic mass is 9.87. The normalized spacial score (nSPS) is 17.2. The number of rotatable bonds is 2. The minimum absolute atomic E-state index is 0.114. The molecular formula is C15H18N2O. The van der Waals surface area contributed by atoms with Crippen LogP contribution in [-0.4, -0.2) is 18.5 Å². The van der Waals surface area contributed by atoms with Crippen molar-refractivity contribution in [2.45, 2.75) is 26.2 Å². The van der Waals surface area contributed by atoms with Gasteiger partial charge < -0.3 is 5.73 Å². The van der Waals surface area contributed by atoms with Crippen molar-refractivity contribution < 1.29 is 4.79 Å². The Morgan fingerprint density at radius 1 is 1.28 bits per heavy atom. The number of aliphatic imine (C=N–C) groups is 1. The molecule has 2 N–H and O–H groups in total.